The lowest BCUT2D eigenvalue weighted by Crippen LogP contribution is -2.25. The standard InChI is InChI=1S/C26H21N3OS2/c1-29-14-13-19-22(15-29)32-26(23(19)25-27-20-11-4-5-12-21(20)31-25)28-24(30)18-10-6-8-16-7-2-3-9-17(16)18/h2-12H,13-15H2,1H3,(H,28,30). The molecule has 1 aliphatic rings. The molecule has 0 atom stereocenters. The molecular weight excluding hydrogens is 434 g/mol. The maximum absolute atomic E-state index is 13.4. The van der Waals surface area contributed by atoms with Crippen LogP contribution < -0.4 is 5.32 Å². The minimum Gasteiger partial charge on any atom is -0.313 e. The Balaban J connectivity index is 1.46. The number of hydrogen-bond donors (Lipinski definition) is 1. The van der Waals surface area contributed by atoms with Crippen molar-refractivity contribution in [1.82, 2.24) is 9.88 Å². The Bertz CT molecular complexity index is 1450. The van der Waals surface area contributed by atoms with E-state index in [1.165, 1.54) is 15.1 Å². The first-order valence-corrected chi connectivity index (χ1v) is 12.3. The molecule has 3 heterocycles. The Morgan fingerprint density at radius 2 is 1.81 bits per heavy atom. The second-order valence-corrected chi connectivity index (χ2v) is 10.3. The molecule has 4 nitrogen and oxygen atoms in total. The molecule has 6 heteroatoms. The third-order valence-corrected chi connectivity index (χ3v) is 8.20. The third kappa shape index (κ3) is 3.32. The van der Waals surface area contributed by atoms with E-state index >= 15 is 0 Å². The molecule has 0 aliphatic carbocycles. The highest BCUT2D eigenvalue weighted by Gasteiger charge is 2.27. The molecule has 0 saturated carbocycles. The van der Waals surface area contributed by atoms with Gasteiger partial charge in [0.15, 0.2) is 0 Å². The zero-order chi connectivity index (χ0) is 21.7. The van der Waals surface area contributed by atoms with Crippen LogP contribution in [0.1, 0.15) is 20.8 Å². The zero-order valence-corrected chi connectivity index (χ0v) is 19.2. The smallest absolute Gasteiger partial charge is 0.256 e. The van der Waals surface area contributed by atoms with E-state index in [0.29, 0.717) is 5.56 Å². The highest BCUT2D eigenvalue weighted by molar-refractivity contribution is 7.23. The fraction of sp³-hybridized carbons (Fsp3) is 0.154. The van der Waals surface area contributed by atoms with Crippen LogP contribution in [-0.2, 0) is 13.0 Å². The van der Waals surface area contributed by atoms with Crippen molar-refractivity contribution in [3.63, 3.8) is 0 Å². The number of fused-ring (bicyclic) bond motifs is 3. The van der Waals surface area contributed by atoms with Crippen LogP contribution in [0.15, 0.2) is 66.7 Å². The molecule has 1 aliphatic heterocycles. The summed E-state index contributed by atoms with van der Waals surface area (Å²) in [6.07, 6.45) is 0.970. The molecule has 0 bridgehead atoms. The maximum Gasteiger partial charge on any atom is 0.256 e. The first kappa shape index (κ1) is 19.6. The van der Waals surface area contributed by atoms with Gasteiger partial charge in [-0.3, -0.25) is 4.79 Å². The number of thiazole rings is 1. The normalized spacial score (nSPS) is 14.0. The number of aromatic nitrogens is 1. The number of benzene rings is 3. The van der Waals surface area contributed by atoms with E-state index in [4.69, 9.17) is 4.98 Å². The number of anilines is 1. The van der Waals surface area contributed by atoms with E-state index in [0.717, 1.165) is 51.4 Å². The van der Waals surface area contributed by atoms with Crippen LogP contribution in [0.2, 0.25) is 0 Å². The molecule has 6 rings (SSSR count). The molecule has 1 N–H and O–H groups in total. The Morgan fingerprint density at radius 3 is 2.72 bits per heavy atom. The van der Waals surface area contributed by atoms with Gasteiger partial charge in [-0.2, -0.15) is 0 Å². The van der Waals surface area contributed by atoms with E-state index in [2.05, 4.69) is 29.4 Å². The van der Waals surface area contributed by atoms with Gasteiger partial charge in [-0.1, -0.05) is 48.5 Å². The summed E-state index contributed by atoms with van der Waals surface area (Å²) in [5, 5.41) is 7.19. The summed E-state index contributed by atoms with van der Waals surface area (Å²) in [6.45, 7) is 1.92. The first-order valence-electron chi connectivity index (χ1n) is 10.7. The Morgan fingerprint density at radius 1 is 1.00 bits per heavy atom. The first-order chi connectivity index (χ1) is 15.7. The predicted molar refractivity (Wildman–Crippen MR) is 135 cm³/mol. The minimum absolute atomic E-state index is 0.0730. The number of nitrogens with one attached hydrogen (secondary N) is 1. The fourth-order valence-corrected chi connectivity index (χ4v) is 6.85. The van der Waals surface area contributed by atoms with Gasteiger partial charge in [-0.15, -0.1) is 22.7 Å². The molecule has 158 valence electrons. The van der Waals surface area contributed by atoms with Gasteiger partial charge in [0.25, 0.3) is 5.91 Å². The molecule has 5 aromatic rings. The topological polar surface area (TPSA) is 45.2 Å². The van der Waals surface area contributed by atoms with Gasteiger partial charge in [0, 0.05) is 29.1 Å². The van der Waals surface area contributed by atoms with E-state index in [1.54, 1.807) is 22.7 Å². The molecule has 32 heavy (non-hydrogen) atoms. The second-order valence-electron chi connectivity index (χ2n) is 8.16. The van der Waals surface area contributed by atoms with Crippen molar-refractivity contribution in [2.24, 2.45) is 0 Å². The van der Waals surface area contributed by atoms with Crippen molar-refractivity contribution in [3.8, 4) is 10.6 Å². The predicted octanol–water partition coefficient (Wildman–Crippen LogP) is 6.42. The van der Waals surface area contributed by atoms with Gasteiger partial charge in [0.1, 0.15) is 10.0 Å². The van der Waals surface area contributed by atoms with E-state index < -0.39 is 0 Å². The molecule has 0 fully saturated rings. The summed E-state index contributed by atoms with van der Waals surface area (Å²) in [6, 6.07) is 22.1. The van der Waals surface area contributed by atoms with E-state index in [1.807, 2.05) is 54.6 Å². The molecule has 0 radical (unpaired) electrons. The number of para-hydroxylation sites is 1. The van der Waals surface area contributed by atoms with E-state index in [9.17, 15) is 4.79 Å². The van der Waals surface area contributed by atoms with Gasteiger partial charge in [0.05, 0.1) is 10.2 Å². The lowest BCUT2D eigenvalue weighted by Gasteiger charge is -2.22. The Hall–Kier alpha value is -3.06. The molecular formula is C26H21N3OS2. The number of hydrogen-bond acceptors (Lipinski definition) is 5. The SMILES string of the molecule is CN1CCc2c(sc(NC(=O)c3cccc4ccccc34)c2-c2nc3ccccc3s2)C1. The van der Waals surface area contributed by atoms with Crippen molar-refractivity contribution in [3.05, 3.63) is 82.7 Å². The monoisotopic (exact) mass is 455 g/mol. The van der Waals surface area contributed by atoms with Crippen LogP contribution >= 0.6 is 22.7 Å². The lowest BCUT2D eigenvalue weighted by molar-refractivity contribution is 0.102. The van der Waals surface area contributed by atoms with Gasteiger partial charge in [0.2, 0.25) is 0 Å². The third-order valence-electron chi connectivity index (χ3n) is 6.02. The molecule has 1 amide bonds. The number of carbonyl (C=O) groups is 1. The molecule has 2 aromatic heterocycles. The number of thiophene rings is 1. The van der Waals surface area contributed by atoms with Crippen LogP contribution in [0.4, 0.5) is 5.00 Å². The zero-order valence-electron chi connectivity index (χ0n) is 17.6. The minimum atomic E-state index is -0.0730. The largest absolute Gasteiger partial charge is 0.313 e. The van der Waals surface area contributed by atoms with Gasteiger partial charge in [-0.25, -0.2) is 4.98 Å². The summed E-state index contributed by atoms with van der Waals surface area (Å²) < 4.78 is 1.17. The number of carbonyl (C=O) groups excluding carboxylic acids is 1. The lowest BCUT2D eigenvalue weighted by atomic mass is 10.0. The van der Waals surface area contributed by atoms with Crippen LogP contribution in [-0.4, -0.2) is 29.4 Å². The summed E-state index contributed by atoms with van der Waals surface area (Å²) in [5.74, 6) is -0.0730. The van der Waals surface area contributed by atoms with Gasteiger partial charge in [-0.05, 0) is 48.0 Å². The Kier molecular flexibility index (Phi) is 4.79. The van der Waals surface area contributed by atoms with Gasteiger partial charge >= 0.3 is 0 Å². The quantitative estimate of drug-likeness (QED) is 0.341. The molecule has 0 saturated heterocycles. The van der Waals surface area contributed by atoms with Gasteiger partial charge < -0.3 is 10.2 Å². The van der Waals surface area contributed by atoms with Crippen molar-refractivity contribution in [1.29, 1.82) is 0 Å². The highest BCUT2D eigenvalue weighted by Crippen LogP contribution is 2.45. The van der Waals surface area contributed by atoms with Crippen molar-refractivity contribution >= 4 is 54.6 Å². The average Bonchev–Trinajstić information content (AvgIpc) is 3.38. The second kappa shape index (κ2) is 7.81. The summed E-state index contributed by atoms with van der Waals surface area (Å²) in [4.78, 5) is 22.0. The molecule has 3 aromatic carbocycles. The number of likely N-dealkylation sites (N-methyl/N-ethyl adjacent to an activating group) is 1. The van der Waals surface area contributed by atoms with Crippen LogP contribution in [0.3, 0.4) is 0 Å². The van der Waals surface area contributed by atoms with Crippen LogP contribution in [0.25, 0.3) is 31.6 Å². The molecule has 0 spiro atoms. The maximum atomic E-state index is 13.4. The summed E-state index contributed by atoms with van der Waals surface area (Å²) in [7, 11) is 2.15. The Labute approximate surface area is 194 Å². The number of rotatable bonds is 3. The molecule has 0 unspecified atom stereocenters. The number of nitrogens with zero attached hydrogens (tertiary/aromatic N) is 2. The summed E-state index contributed by atoms with van der Waals surface area (Å²) >= 11 is 3.39. The van der Waals surface area contributed by atoms with Crippen LogP contribution in [0, 0.1) is 0 Å². The van der Waals surface area contributed by atoms with E-state index in [-0.39, 0.29) is 5.91 Å². The average molecular weight is 456 g/mol. The highest BCUT2D eigenvalue weighted by atomic mass is 32.1. The van der Waals surface area contributed by atoms with Crippen molar-refractivity contribution in [2.75, 3.05) is 18.9 Å². The summed E-state index contributed by atoms with van der Waals surface area (Å²) in [5.41, 5.74) is 4.14. The van der Waals surface area contributed by atoms with Crippen molar-refractivity contribution in [2.45, 2.75) is 13.0 Å². The van der Waals surface area contributed by atoms with Crippen LogP contribution in [0.5, 0.6) is 0 Å². The van der Waals surface area contributed by atoms with Crippen molar-refractivity contribution < 1.29 is 4.79 Å². The number of amides is 1. The fourth-order valence-electron chi connectivity index (χ4n) is 4.42.